The quantitative estimate of drug-likeness (QED) is 0.264. The van der Waals surface area contributed by atoms with Crippen molar-refractivity contribution in [3.8, 4) is 0 Å². The molecule has 0 fully saturated rings. The molecule has 0 aromatic heterocycles. The lowest BCUT2D eigenvalue weighted by atomic mass is 10.5. The van der Waals surface area contributed by atoms with E-state index in [-0.39, 0.29) is 0 Å². The van der Waals surface area contributed by atoms with Crippen molar-refractivity contribution in [2.24, 2.45) is 0 Å². The van der Waals surface area contributed by atoms with Crippen LogP contribution in [0.1, 0.15) is 0 Å². The minimum atomic E-state index is -1.50. The lowest BCUT2D eigenvalue weighted by Gasteiger charge is -1.74. The Bertz CT molecular complexity index is 247. The molecule has 16 heavy (non-hydrogen) atoms. The fraction of sp³-hybridized carbons (Fsp3) is 0. The van der Waals surface area contributed by atoms with Gasteiger partial charge in [0.1, 0.15) is 0 Å². The van der Waals surface area contributed by atoms with E-state index in [1.807, 2.05) is 0 Å². The second kappa shape index (κ2) is 12.1. The minimum Gasteiger partial charge on any atom is -0.478 e. The number of nitrogens with zero attached hydrogens (tertiary/aromatic N) is 2. The molecule has 0 aliphatic heterocycles. The average molecular weight is 242 g/mol. The van der Waals surface area contributed by atoms with Crippen molar-refractivity contribution < 1.29 is 40.4 Å². The molecule has 12 heteroatoms. The molecule has 0 unspecified atom stereocenters. The Balaban J connectivity index is -0.000000179. The number of hydrogen-bond acceptors (Lipinski definition) is 6. The zero-order chi connectivity index (χ0) is 13.7. The first-order valence-corrected chi connectivity index (χ1v) is 2.90. The first-order valence-electron chi connectivity index (χ1n) is 2.90. The van der Waals surface area contributed by atoms with Crippen molar-refractivity contribution in [2.45, 2.75) is 0 Å². The van der Waals surface area contributed by atoms with E-state index in [4.69, 9.17) is 40.9 Å². The lowest BCUT2D eigenvalue weighted by molar-refractivity contribution is -0.742. The highest BCUT2D eigenvalue weighted by Crippen LogP contribution is 1.70. The predicted octanol–water partition coefficient (Wildman–Crippen LogP) is -0.984. The van der Waals surface area contributed by atoms with Crippen LogP contribution >= 0.6 is 0 Å². The van der Waals surface area contributed by atoms with Crippen LogP contribution in [0.4, 0.5) is 0 Å². The minimum absolute atomic E-state index is 0.558. The van der Waals surface area contributed by atoms with Crippen LogP contribution in [-0.4, -0.2) is 42.7 Å². The molecule has 0 saturated carbocycles. The van der Waals surface area contributed by atoms with Gasteiger partial charge in [0.15, 0.2) is 0 Å². The van der Waals surface area contributed by atoms with Crippen LogP contribution in [0.15, 0.2) is 12.2 Å². The van der Waals surface area contributed by atoms with E-state index in [0.29, 0.717) is 12.2 Å². The van der Waals surface area contributed by atoms with Gasteiger partial charge in [0, 0.05) is 12.2 Å². The second-order valence-corrected chi connectivity index (χ2v) is 1.49. The predicted molar refractivity (Wildman–Crippen MR) is 42.0 cm³/mol. The molecule has 4 N–H and O–H groups in total. The van der Waals surface area contributed by atoms with Gasteiger partial charge in [-0.05, 0) is 0 Å². The van der Waals surface area contributed by atoms with Gasteiger partial charge < -0.3 is 20.6 Å². The Hall–Kier alpha value is -2.92. The summed E-state index contributed by atoms with van der Waals surface area (Å²) in [7, 11) is 0. The fourth-order valence-electron chi connectivity index (χ4n) is 0.143. The van der Waals surface area contributed by atoms with Gasteiger partial charge >= 0.3 is 11.9 Å². The smallest absolute Gasteiger partial charge is 0.328 e. The fourth-order valence-corrected chi connectivity index (χ4v) is 0.143. The molecule has 0 radical (unpaired) electrons. The molecule has 0 bridgehead atoms. The number of aliphatic carboxylic acids is 2. The summed E-state index contributed by atoms with van der Waals surface area (Å²) in [6.45, 7) is 0. The van der Waals surface area contributed by atoms with Crippen LogP contribution in [0.2, 0.25) is 0 Å². The summed E-state index contributed by atoms with van der Waals surface area (Å²) in [5, 5.41) is 42.9. The van der Waals surface area contributed by atoms with Gasteiger partial charge in [-0.1, -0.05) is 0 Å². The van der Waals surface area contributed by atoms with Crippen molar-refractivity contribution in [3.63, 3.8) is 0 Å². The van der Waals surface area contributed by atoms with E-state index in [1.165, 1.54) is 0 Å². The lowest BCUT2D eigenvalue weighted by Crippen LogP contribution is -1.91. The van der Waals surface area contributed by atoms with E-state index >= 15 is 0 Å². The van der Waals surface area contributed by atoms with Gasteiger partial charge in [0.2, 0.25) is 0 Å². The summed E-state index contributed by atoms with van der Waals surface area (Å²) in [5.74, 6) is -2.51. The summed E-state index contributed by atoms with van der Waals surface area (Å²) >= 11 is 0. The molecule has 0 spiro atoms. The summed E-state index contributed by atoms with van der Waals surface area (Å²) < 4.78 is 0. The molecule has 0 saturated heterocycles. The van der Waals surface area contributed by atoms with Crippen molar-refractivity contribution in [2.75, 3.05) is 0 Å². The Morgan fingerprint density at radius 2 is 1.00 bits per heavy atom. The summed E-state index contributed by atoms with van der Waals surface area (Å²) in [6, 6.07) is 0. The first kappa shape index (κ1) is 18.8. The van der Waals surface area contributed by atoms with Gasteiger partial charge in [-0.25, -0.2) is 9.59 Å². The topological polar surface area (TPSA) is 201 Å². The summed E-state index contributed by atoms with van der Waals surface area (Å²) in [5.41, 5.74) is 0. The molecular weight excluding hydrogens is 236 g/mol. The van der Waals surface area contributed by atoms with Crippen LogP contribution in [0.5, 0.6) is 0 Å². The van der Waals surface area contributed by atoms with Crippen LogP contribution < -0.4 is 0 Å². The average Bonchev–Trinajstić information content (AvgIpc) is 1.98. The maximum absolute atomic E-state index is 9.55. The second-order valence-electron chi connectivity index (χ2n) is 1.49. The first-order chi connectivity index (χ1) is 7.09. The van der Waals surface area contributed by atoms with Crippen molar-refractivity contribution in [3.05, 3.63) is 32.4 Å². The van der Waals surface area contributed by atoms with Gasteiger partial charge in [0.05, 0.1) is 0 Å². The van der Waals surface area contributed by atoms with E-state index in [0.717, 1.165) is 0 Å². The molecule has 0 heterocycles. The third-order valence-electron chi connectivity index (χ3n) is 0.368. The maximum atomic E-state index is 9.55. The largest absolute Gasteiger partial charge is 0.478 e. The van der Waals surface area contributed by atoms with Gasteiger partial charge in [-0.15, -0.1) is 20.2 Å². The number of rotatable bonds is 2. The Kier molecular flexibility index (Phi) is 14.2. The molecule has 0 amide bonds. The van der Waals surface area contributed by atoms with Crippen LogP contribution in [0.3, 0.4) is 0 Å². The molecule has 0 rings (SSSR count). The number of hydrogen-bond donors (Lipinski definition) is 4. The third-order valence-corrected chi connectivity index (χ3v) is 0.368. The van der Waals surface area contributed by atoms with Crippen LogP contribution in [-0.2, 0) is 9.59 Å². The van der Waals surface area contributed by atoms with Crippen molar-refractivity contribution in [1.82, 2.24) is 0 Å². The van der Waals surface area contributed by atoms with Gasteiger partial charge in [0.25, 0.3) is 10.2 Å². The monoisotopic (exact) mass is 242 g/mol. The molecule has 92 valence electrons. The normalized spacial score (nSPS) is 7.75. The standard InChI is InChI=1S/C4H4O4.2HNO3/c5-3(6)1-2-4(7)8;2*2-1(3)4/h1-2H,(H,5,6)(H,7,8);2*(H,2,3,4)/b2-1+;;. The van der Waals surface area contributed by atoms with Crippen molar-refractivity contribution in [1.29, 1.82) is 0 Å². The highest BCUT2D eigenvalue weighted by molar-refractivity contribution is 5.89. The third kappa shape index (κ3) is 260. The number of carboxylic acids is 2. The van der Waals surface area contributed by atoms with E-state index in [2.05, 4.69) is 0 Å². The Labute approximate surface area is 85.9 Å². The molecule has 0 aromatic rings. The molecule has 0 aliphatic carbocycles. The maximum Gasteiger partial charge on any atom is 0.328 e. The molecule has 12 nitrogen and oxygen atoms in total. The molecule has 0 atom stereocenters. The molecule has 0 aromatic carbocycles. The molecular formula is C4H6N2O10. The highest BCUT2D eigenvalue weighted by Gasteiger charge is 1.88. The Morgan fingerprint density at radius 3 is 1.06 bits per heavy atom. The van der Waals surface area contributed by atoms with E-state index < -0.39 is 22.1 Å². The highest BCUT2D eigenvalue weighted by atomic mass is 16.9. The van der Waals surface area contributed by atoms with E-state index in [1.54, 1.807) is 0 Å². The van der Waals surface area contributed by atoms with E-state index in [9.17, 15) is 9.59 Å². The van der Waals surface area contributed by atoms with Gasteiger partial charge in [-0.3, -0.25) is 0 Å². The van der Waals surface area contributed by atoms with Crippen molar-refractivity contribution >= 4 is 11.9 Å². The zero-order valence-corrected chi connectivity index (χ0v) is 7.29. The number of carbonyl (C=O) groups is 2. The van der Waals surface area contributed by atoms with Crippen LogP contribution in [0, 0.1) is 20.2 Å². The van der Waals surface area contributed by atoms with Gasteiger partial charge in [-0.2, -0.15) is 0 Å². The summed E-state index contributed by atoms with van der Waals surface area (Å²) in [6.07, 6.45) is 1.12. The Morgan fingerprint density at radius 1 is 0.875 bits per heavy atom. The SMILES string of the molecule is O=C(O)/C=C/C(=O)O.O=[N+]([O-])O.O=[N+]([O-])O. The number of carboxylic acid groups (broad SMARTS) is 2. The zero-order valence-electron chi connectivity index (χ0n) is 7.29. The summed E-state index contributed by atoms with van der Waals surface area (Å²) in [4.78, 5) is 35.8. The molecule has 0 aliphatic rings. The van der Waals surface area contributed by atoms with Crippen LogP contribution in [0.25, 0.3) is 0 Å².